The fraction of sp³-hybridized carbons (Fsp3) is 0.500. The Balaban J connectivity index is 2.16. The standard InChI is InChI=1S/C16H24N4/c1-6-20-14(5)16(13(4)19-20)12(3)18-11(2)15-9-7-8-10-17-15/h7-12,18H,6H2,1-5H3/t11-,12?/m0/s1. The third-order valence-corrected chi connectivity index (χ3v) is 3.80. The number of hydrogen-bond acceptors (Lipinski definition) is 3. The van der Waals surface area contributed by atoms with E-state index in [1.807, 2.05) is 18.3 Å². The number of hydrogen-bond donors (Lipinski definition) is 1. The van der Waals surface area contributed by atoms with E-state index in [1.165, 1.54) is 11.3 Å². The van der Waals surface area contributed by atoms with Crippen LogP contribution < -0.4 is 5.32 Å². The molecular formula is C16H24N4. The molecule has 2 aromatic rings. The van der Waals surface area contributed by atoms with Crippen molar-refractivity contribution in [1.29, 1.82) is 0 Å². The first-order chi connectivity index (χ1) is 9.54. The first kappa shape index (κ1) is 14.7. The summed E-state index contributed by atoms with van der Waals surface area (Å²) in [6.45, 7) is 11.6. The minimum absolute atomic E-state index is 0.218. The lowest BCUT2D eigenvalue weighted by Crippen LogP contribution is -2.24. The van der Waals surface area contributed by atoms with Gasteiger partial charge in [0, 0.05) is 36.1 Å². The maximum Gasteiger partial charge on any atom is 0.0644 e. The number of rotatable bonds is 5. The Labute approximate surface area is 121 Å². The lowest BCUT2D eigenvalue weighted by molar-refractivity contribution is 0.482. The molecule has 0 aliphatic rings. The lowest BCUT2D eigenvalue weighted by Gasteiger charge is -2.20. The first-order valence-electron chi connectivity index (χ1n) is 7.25. The lowest BCUT2D eigenvalue weighted by atomic mass is 10.0. The Bertz CT molecular complexity index is 559. The largest absolute Gasteiger partial charge is 0.302 e. The van der Waals surface area contributed by atoms with Crippen molar-refractivity contribution < 1.29 is 0 Å². The van der Waals surface area contributed by atoms with Gasteiger partial charge in [-0.15, -0.1) is 0 Å². The molecule has 2 rings (SSSR count). The molecule has 2 aromatic heterocycles. The van der Waals surface area contributed by atoms with Crippen LogP contribution in [0.25, 0.3) is 0 Å². The molecule has 2 atom stereocenters. The van der Waals surface area contributed by atoms with Crippen molar-refractivity contribution in [2.45, 2.75) is 53.2 Å². The second-order valence-electron chi connectivity index (χ2n) is 5.26. The monoisotopic (exact) mass is 272 g/mol. The van der Waals surface area contributed by atoms with Crippen molar-refractivity contribution in [2.24, 2.45) is 0 Å². The van der Waals surface area contributed by atoms with Gasteiger partial charge in [0.1, 0.15) is 0 Å². The second-order valence-corrected chi connectivity index (χ2v) is 5.26. The van der Waals surface area contributed by atoms with E-state index in [4.69, 9.17) is 0 Å². The molecule has 1 N–H and O–H groups in total. The highest BCUT2D eigenvalue weighted by Gasteiger charge is 2.19. The summed E-state index contributed by atoms with van der Waals surface area (Å²) >= 11 is 0. The normalized spacial score (nSPS) is 14.2. The molecule has 0 saturated carbocycles. The maximum absolute atomic E-state index is 4.59. The smallest absolute Gasteiger partial charge is 0.0644 e. The Morgan fingerprint density at radius 2 is 1.95 bits per heavy atom. The van der Waals surface area contributed by atoms with Crippen molar-refractivity contribution in [2.75, 3.05) is 0 Å². The van der Waals surface area contributed by atoms with Crippen LogP contribution in [0.4, 0.5) is 0 Å². The fourth-order valence-electron chi connectivity index (χ4n) is 2.82. The number of aryl methyl sites for hydroxylation is 2. The molecule has 4 nitrogen and oxygen atoms in total. The molecule has 0 spiro atoms. The molecule has 1 unspecified atom stereocenters. The summed E-state index contributed by atoms with van der Waals surface area (Å²) < 4.78 is 2.06. The summed E-state index contributed by atoms with van der Waals surface area (Å²) in [5, 5.41) is 8.21. The molecule has 4 heteroatoms. The van der Waals surface area contributed by atoms with Crippen LogP contribution in [0.5, 0.6) is 0 Å². The van der Waals surface area contributed by atoms with Crippen LogP contribution in [-0.2, 0) is 6.54 Å². The molecule has 2 heterocycles. The average molecular weight is 272 g/mol. The fourth-order valence-corrected chi connectivity index (χ4v) is 2.82. The Hall–Kier alpha value is -1.68. The Kier molecular flexibility index (Phi) is 4.55. The SMILES string of the molecule is CCn1nc(C)c(C(C)N[C@@H](C)c2ccccn2)c1C. The predicted octanol–water partition coefficient (Wildman–Crippen LogP) is 3.33. The molecule has 0 aliphatic carbocycles. The summed E-state index contributed by atoms with van der Waals surface area (Å²) in [4.78, 5) is 4.41. The topological polar surface area (TPSA) is 42.7 Å². The van der Waals surface area contributed by atoms with Gasteiger partial charge in [0.05, 0.1) is 11.4 Å². The highest BCUT2D eigenvalue weighted by atomic mass is 15.3. The van der Waals surface area contributed by atoms with E-state index in [0.717, 1.165) is 17.9 Å². The molecular weight excluding hydrogens is 248 g/mol. The molecule has 0 bridgehead atoms. The van der Waals surface area contributed by atoms with E-state index < -0.39 is 0 Å². The van der Waals surface area contributed by atoms with Crippen molar-refractivity contribution >= 4 is 0 Å². The number of pyridine rings is 1. The zero-order chi connectivity index (χ0) is 14.7. The first-order valence-corrected chi connectivity index (χ1v) is 7.25. The van der Waals surface area contributed by atoms with Crippen molar-refractivity contribution in [1.82, 2.24) is 20.1 Å². The van der Waals surface area contributed by atoms with E-state index in [1.54, 1.807) is 0 Å². The van der Waals surface area contributed by atoms with Gasteiger partial charge in [-0.1, -0.05) is 6.07 Å². The summed E-state index contributed by atoms with van der Waals surface area (Å²) in [5.41, 5.74) is 4.72. The van der Waals surface area contributed by atoms with Crippen LogP contribution >= 0.6 is 0 Å². The molecule has 0 aromatic carbocycles. The van der Waals surface area contributed by atoms with E-state index in [9.17, 15) is 0 Å². The quantitative estimate of drug-likeness (QED) is 0.908. The van der Waals surface area contributed by atoms with Gasteiger partial charge in [-0.25, -0.2) is 0 Å². The Morgan fingerprint density at radius 1 is 1.20 bits per heavy atom. The van der Waals surface area contributed by atoms with Gasteiger partial charge >= 0.3 is 0 Å². The van der Waals surface area contributed by atoms with Gasteiger partial charge in [0.2, 0.25) is 0 Å². The highest BCUT2D eigenvalue weighted by molar-refractivity contribution is 5.28. The third kappa shape index (κ3) is 2.90. The molecule has 0 saturated heterocycles. The van der Waals surface area contributed by atoms with Gasteiger partial charge in [-0.2, -0.15) is 5.10 Å². The predicted molar refractivity (Wildman–Crippen MR) is 81.6 cm³/mol. The van der Waals surface area contributed by atoms with Gasteiger partial charge < -0.3 is 5.32 Å². The molecule has 0 fully saturated rings. The van der Waals surface area contributed by atoms with E-state index in [-0.39, 0.29) is 12.1 Å². The summed E-state index contributed by atoms with van der Waals surface area (Å²) in [6.07, 6.45) is 1.84. The maximum atomic E-state index is 4.59. The van der Waals surface area contributed by atoms with Crippen molar-refractivity contribution in [3.05, 3.63) is 47.0 Å². The van der Waals surface area contributed by atoms with Gasteiger partial charge in [0.25, 0.3) is 0 Å². The van der Waals surface area contributed by atoms with E-state index >= 15 is 0 Å². The molecule has 20 heavy (non-hydrogen) atoms. The summed E-state index contributed by atoms with van der Waals surface area (Å²) in [5.74, 6) is 0. The minimum atomic E-state index is 0.218. The highest BCUT2D eigenvalue weighted by Crippen LogP contribution is 2.24. The second kappa shape index (κ2) is 6.18. The molecule has 0 amide bonds. The number of aromatic nitrogens is 3. The van der Waals surface area contributed by atoms with Crippen LogP contribution in [0.1, 0.15) is 55.5 Å². The average Bonchev–Trinajstić information content (AvgIpc) is 2.74. The van der Waals surface area contributed by atoms with Crippen LogP contribution in [0.15, 0.2) is 24.4 Å². The molecule has 0 radical (unpaired) electrons. The van der Waals surface area contributed by atoms with Gasteiger partial charge in [-0.3, -0.25) is 9.67 Å². The van der Waals surface area contributed by atoms with Crippen molar-refractivity contribution in [3.8, 4) is 0 Å². The summed E-state index contributed by atoms with van der Waals surface area (Å²) in [7, 11) is 0. The van der Waals surface area contributed by atoms with Crippen molar-refractivity contribution in [3.63, 3.8) is 0 Å². The minimum Gasteiger partial charge on any atom is -0.302 e. The number of nitrogens with one attached hydrogen (secondary N) is 1. The van der Waals surface area contributed by atoms with Crippen LogP contribution in [-0.4, -0.2) is 14.8 Å². The Morgan fingerprint density at radius 3 is 2.50 bits per heavy atom. The van der Waals surface area contributed by atoms with Gasteiger partial charge in [0.15, 0.2) is 0 Å². The van der Waals surface area contributed by atoms with Crippen LogP contribution in [0.3, 0.4) is 0 Å². The third-order valence-electron chi connectivity index (χ3n) is 3.80. The zero-order valence-corrected chi connectivity index (χ0v) is 13.0. The van der Waals surface area contributed by atoms with Crippen LogP contribution in [0.2, 0.25) is 0 Å². The molecule has 108 valence electrons. The van der Waals surface area contributed by atoms with E-state index in [2.05, 4.69) is 60.8 Å². The summed E-state index contributed by atoms with van der Waals surface area (Å²) in [6, 6.07) is 6.50. The van der Waals surface area contributed by atoms with E-state index in [0.29, 0.717) is 0 Å². The molecule has 0 aliphatic heterocycles. The van der Waals surface area contributed by atoms with Crippen LogP contribution in [0, 0.1) is 13.8 Å². The van der Waals surface area contributed by atoms with Gasteiger partial charge in [-0.05, 0) is 46.8 Å². The number of nitrogens with zero attached hydrogens (tertiary/aromatic N) is 3. The zero-order valence-electron chi connectivity index (χ0n) is 13.0.